The summed E-state index contributed by atoms with van der Waals surface area (Å²) in [7, 11) is 0. The van der Waals surface area contributed by atoms with Crippen molar-refractivity contribution in [2.75, 3.05) is 22.6 Å². The van der Waals surface area contributed by atoms with Crippen LogP contribution in [0.2, 0.25) is 0 Å². The maximum absolute atomic E-state index is 12.9. The van der Waals surface area contributed by atoms with Crippen molar-refractivity contribution >= 4 is 28.7 Å². The van der Waals surface area contributed by atoms with Crippen molar-refractivity contribution in [1.82, 2.24) is 19.6 Å². The van der Waals surface area contributed by atoms with E-state index in [0.29, 0.717) is 28.5 Å². The van der Waals surface area contributed by atoms with Gasteiger partial charge >= 0.3 is 0 Å². The van der Waals surface area contributed by atoms with Crippen LogP contribution in [0.5, 0.6) is 0 Å². The van der Waals surface area contributed by atoms with Gasteiger partial charge in [0.2, 0.25) is 0 Å². The number of carbonyl (C=O) groups is 1. The maximum Gasteiger partial charge on any atom is 0.276 e. The third kappa shape index (κ3) is 4.97. The number of hydrogen-bond acceptors (Lipinski definition) is 8. The third-order valence-electron chi connectivity index (χ3n) is 5.84. The lowest BCUT2D eigenvalue weighted by molar-refractivity contribution is 0.102. The molecule has 3 aromatic heterocycles. The molecule has 170 valence electrons. The van der Waals surface area contributed by atoms with E-state index in [9.17, 15) is 9.90 Å². The zero-order valence-electron chi connectivity index (χ0n) is 18.2. The second kappa shape index (κ2) is 9.92. The Morgan fingerprint density at radius 1 is 1.28 bits per heavy atom. The van der Waals surface area contributed by atoms with Gasteiger partial charge in [0.1, 0.15) is 5.82 Å². The number of hydrogen-bond donors (Lipinski definition) is 5. The SMILES string of the molecule is CCC(CO)Nc1cc(NC2CCC(N)CC2)nn2c(C(=O)Nc3ccncc3)cnc12. The lowest BCUT2D eigenvalue weighted by Gasteiger charge is -2.27. The molecule has 0 radical (unpaired) electrons. The number of rotatable bonds is 8. The van der Waals surface area contributed by atoms with Crippen molar-refractivity contribution in [3.63, 3.8) is 0 Å². The van der Waals surface area contributed by atoms with E-state index in [2.05, 4.69) is 31.0 Å². The Morgan fingerprint density at radius 2 is 2.03 bits per heavy atom. The van der Waals surface area contributed by atoms with Crippen LogP contribution in [0.25, 0.3) is 5.65 Å². The Labute approximate surface area is 186 Å². The summed E-state index contributed by atoms with van der Waals surface area (Å²) in [6.07, 6.45) is 9.35. The molecule has 0 saturated heterocycles. The molecule has 3 aromatic rings. The van der Waals surface area contributed by atoms with Crippen molar-refractivity contribution in [2.24, 2.45) is 5.73 Å². The highest BCUT2D eigenvalue weighted by Gasteiger charge is 2.22. The highest BCUT2D eigenvalue weighted by molar-refractivity contribution is 6.03. The lowest BCUT2D eigenvalue weighted by atomic mass is 9.92. The highest BCUT2D eigenvalue weighted by atomic mass is 16.3. The maximum atomic E-state index is 12.9. The van der Waals surface area contributed by atoms with Gasteiger partial charge in [0, 0.05) is 42.3 Å². The average Bonchev–Trinajstić information content (AvgIpc) is 3.24. The molecule has 1 amide bonds. The number of nitrogens with one attached hydrogen (secondary N) is 3. The van der Waals surface area contributed by atoms with E-state index in [0.717, 1.165) is 32.1 Å². The predicted octanol–water partition coefficient (Wildman–Crippen LogP) is 2.24. The van der Waals surface area contributed by atoms with Crippen LogP contribution in [0.3, 0.4) is 0 Å². The van der Waals surface area contributed by atoms with Gasteiger partial charge in [-0.05, 0) is 44.2 Å². The molecule has 1 atom stereocenters. The summed E-state index contributed by atoms with van der Waals surface area (Å²) in [6, 6.07) is 5.72. The van der Waals surface area contributed by atoms with Crippen LogP contribution in [0.15, 0.2) is 36.8 Å². The van der Waals surface area contributed by atoms with Crippen LogP contribution >= 0.6 is 0 Å². The molecule has 6 N–H and O–H groups in total. The number of aromatic nitrogens is 4. The molecule has 0 bridgehead atoms. The van der Waals surface area contributed by atoms with E-state index in [1.165, 1.54) is 6.20 Å². The van der Waals surface area contributed by atoms with Crippen molar-refractivity contribution in [3.05, 3.63) is 42.5 Å². The summed E-state index contributed by atoms with van der Waals surface area (Å²) in [6.45, 7) is 1.99. The molecule has 1 unspecified atom stereocenters. The number of amides is 1. The highest BCUT2D eigenvalue weighted by Crippen LogP contribution is 2.25. The fraction of sp³-hybridized carbons (Fsp3) is 0.455. The summed E-state index contributed by atoms with van der Waals surface area (Å²) in [5, 5.41) is 24.0. The van der Waals surface area contributed by atoms with Gasteiger partial charge in [0.25, 0.3) is 5.91 Å². The number of pyridine rings is 1. The second-order valence-corrected chi connectivity index (χ2v) is 8.20. The molecule has 3 heterocycles. The minimum atomic E-state index is -0.322. The predicted molar refractivity (Wildman–Crippen MR) is 124 cm³/mol. The van der Waals surface area contributed by atoms with Gasteiger partial charge in [-0.1, -0.05) is 6.92 Å². The molecule has 0 spiro atoms. The van der Waals surface area contributed by atoms with Crippen LogP contribution in [0, 0.1) is 0 Å². The Balaban J connectivity index is 1.66. The van der Waals surface area contributed by atoms with Crippen LogP contribution < -0.4 is 21.7 Å². The lowest BCUT2D eigenvalue weighted by Crippen LogP contribution is -2.33. The number of carbonyl (C=O) groups excluding carboxylic acids is 1. The van der Waals surface area contributed by atoms with Gasteiger partial charge in [-0.2, -0.15) is 0 Å². The second-order valence-electron chi connectivity index (χ2n) is 8.20. The van der Waals surface area contributed by atoms with Crippen LogP contribution in [0.4, 0.5) is 17.2 Å². The van der Waals surface area contributed by atoms with Gasteiger partial charge in [-0.3, -0.25) is 9.78 Å². The van der Waals surface area contributed by atoms with E-state index in [4.69, 9.17) is 5.73 Å². The first-order chi connectivity index (χ1) is 15.6. The first-order valence-electron chi connectivity index (χ1n) is 11.1. The molecule has 10 heteroatoms. The van der Waals surface area contributed by atoms with Crippen LogP contribution in [-0.4, -0.2) is 55.3 Å². The summed E-state index contributed by atoms with van der Waals surface area (Å²) in [5.41, 5.74) is 8.22. The fourth-order valence-corrected chi connectivity index (χ4v) is 3.90. The first-order valence-corrected chi connectivity index (χ1v) is 11.1. The van der Waals surface area contributed by atoms with Crippen LogP contribution in [0.1, 0.15) is 49.5 Å². The van der Waals surface area contributed by atoms with E-state index >= 15 is 0 Å². The molecule has 32 heavy (non-hydrogen) atoms. The fourth-order valence-electron chi connectivity index (χ4n) is 3.90. The number of aliphatic hydroxyl groups is 1. The summed E-state index contributed by atoms with van der Waals surface area (Å²) < 4.78 is 1.54. The normalized spacial score (nSPS) is 19.5. The Hall–Kier alpha value is -3.24. The summed E-state index contributed by atoms with van der Waals surface area (Å²) >= 11 is 0. The molecule has 0 aliphatic heterocycles. The Morgan fingerprint density at radius 3 is 2.72 bits per heavy atom. The standard InChI is InChI=1S/C22H30N8O2/c1-2-15(13-31)26-18-11-20(27-16-5-3-14(23)4-6-16)29-30-19(12-25-21(18)30)22(32)28-17-7-9-24-10-8-17/h7-12,14-16,26,31H,2-6,13,23H2,1H3,(H,27,29)(H,24,28,32). The minimum Gasteiger partial charge on any atom is -0.394 e. The van der Waals surface area contributed by atoms with Gasteiger partial charge in [0.05, 0.1) is 18.5 Å². The third-order valence-corrected chi connectivity index (χ3v) is 5.84. The smallest absolute Gasteiger partial charge is 0.276 e. The van der Waals surface area contributed by atoms with Gasteiger partial charge in [-0.25, -0.2) is 9.50 Å². The van der Waals surface area contributed by atoms with E-state index in [1.807, 2.05) is 13.0 Å². The van der Waals surface area contributed by atoms with Crippen molar-refractivity contribution < 1.29 is 9.90 Å². The molecular formula is C22H30N8O2. The summed E-state index contributed by atoms with van der Waals surface area (Å²) in [5.74, 6) is 0.321. The topological polar surface area (TPSA) is 142 Å². The van der Waals surface area contributed by atoms with Gasteiger partial charge in [0.15, 0.2) is 11.3 Å². The summed E-state index contributed by atoms with van der Waals surface area (Å²) in [4.78, 5) is 21.4. The minimum absolute atomic E-state index is 0.00957. The molecule has 1 aliphatic carbocycles. The number of imidazole rings is 1. The number of anilines is 3. The number of fused-ring (bicyclic) bond motifs is 1. The van der Waals surface area contributed by atoms with Gasteiger partial charge < -0.3 is 26.8 Å². The average molecular weight is 439 g/mol. The van der Waals surface area contributed by atoms with E-state index < -0.39 is 0 Å². The van der Waals surface area contributed by atoms with Crippen molar-refractivity contribution in [2.45, 2.75) is 57.2 Å². The van der Waals surface area contributed by atoms with E-state index in [1.54, 1.807) is 29.0 Å². The molecule has 0 aromatic carbocycles. The zero-order valence-corrected chi connectivity index (χ0v) is 18.2. The number of nitrogens with two attached hydrogens (primary N) is 1. The number of nitrogens with zero attached hydrogens (tertiary/aromatic N) is 4. The van der Waals surface area contributed by atoms with Crippen molar-refractivity contribution in [3.8, 4) is 0 Å². The van der Waals surface area contributed by atoms with E-state index in [-0.39, 0.29) is 30.6 Å². The molecule has 10 nitrogen and oxygen atoms in total. The van der Waals surface area contributed by atoms with Crippen LogP contribution in [-0.2, 0) is 0 Å². The first kappa shape index (κ1) is 22.0. The zero-order chi connectivity index (χ0) is 22.5. The molecule has 4 rings (SSSR count). The molecule has 1 fully saturated rings. The monoisotopic (exact) mass is 438 g/mol. The van der Waals surface area contributed by atoms with Crippen molar-refractivity contribution in [1.29, 1.82) is 0 Å². The van der Waals surface area contributed by atoms with Gasteiger partial charge in [-0.15, -0.1) is 5.10 Å². The molecule has 1 aliphatic rings. The Kier molecular flexibility index (Phi) is 6.81. The Bertz CT molecular complexity index is 1040. The molecule has 1 saturated carbocycles. The quantitative estimate of drug-likeness (QED) is 0.360. The largest absolute Gasteiger partial charge is 0.394 e. The molecular weight excluding hydrogens is 408 g/mol. The number of aliphatic hydroxyl groups excluding tert-OH is 1.